The molecule has 33 heavy (non-hydrogen) atoms. The van der Waals surface area contributed by atoms with E-state index in [1.165, 1.54) is 0 Å². The molecule has 4 aromatic heterocycles. The van der Waals surface area contributed by atoms with Crippen LogP contribution in [0.2, 0.25) is 0 Å². The van der Waals surface area contributed by atoms with Gasteiger partial charge < -0.3 is 4.90 Å². The summed E-state index contributed by atoms with van der Waals surface area (Å²) in [4.78, 5) is 6.88. The van der Waals surface area contributed by atoms with Crippen molar-refractivity contribution in [3.05, 3.63) is 79.0 Å². The molecular formula is C26H23N7. The van der Waals surface area contributed by atoms with Gasteiger partial charge in [-0.2, -0.15) is 15.5 Å². The fourth-order valence-electron chi connectivity index (χ4n) is 5.02. The summed E-state index contributed by atoms with van der Waals surface area (Å²) in [6, 6.07) is 19.0. The minimum atomic E-state index is -0.531. The Hall–Kier alpha value is -4.18. The Bertz CT molecular complexity index is 1500. The molecule has 0 amide bonds. The molecule has 0 bridgehead atoms. The number of nitrogens with zero attached hydrogens (tertiary/aromatic N) is 7. The van der Waals surface area contributed by atoms with Crippen LogP contribution in [-0.4, -0.2) is 37.5 Å². The Kier molecular flexibility index (Phi) is 4.40. The maximum Gasteiger partial charge on any atom is 0.103 e. The lowest BCUT2D eigenvalue weighted by Crippen LogP contribution is -2.42. The highest BCUT2D eigenvalue weighted by atomic mass is 15.3. The van der Waals surface area contributed by atoms with E-state index in [1.807, 2.05) is 59.1 Å². The normalized spacial score (nSPS) is 15.7. The van der Waals surface area contributed by atoms with Crippen molar-refractivity contribution < 1.29 is 0 Å². The van der Waals surface area contributed by atoms with Gasteiger partial charge in [0.05, 0.1) is 40.9 Å². The first kappa shape index (κ1) is 19.5. The highest BCUT2D eigenvalue weighted by molar-refractivity contribution is 5.93. The summed E-state index contributed by atoms with van der Waals surface area (Å²) < 4.78 is 3.83. The predicted octanol–water partition coefficient (Wildman–Crippen LogP) is 4.34. The van der Waals surface area contributed by atoms with Crippen molar-refractivity contribution >= 4 is 22.1 Å². The van der Waals surface area contributed by atoms with Crippen LogP contribution in [0.4, 0.5) is 5.69 Å². The second kappa shape index (κ2) is 7.45. The van der Waals surface area contributed by atoms with E-state index in [9.17, 15) is 5.26 Å². The monoisotopic (exact) mass is 433 g/mol. The molecule has 162 valence electrons. The number of pyridine rings is 2. The topological polar surface area (TPSA) is 75.0 Å². The Morgan fingerprint density at radius 2 is 1.88 bits per heavy atom. The molecule has 0 unspecified atom stereocenters. The first-order valence-electron chi connectivity index (χ1n) is 11.1. The molecule has 5 heterocycles. The summed E-state index contributed by atoms with van der Waals surface area (Å²) >= 11 is 0. The third-order valence-electron chi connectivity index (χ3n) is 6.90. The highest BCUT2D eigenvalue weighted by Gasteiger charge is 2.38. The van der Waals surface area contributed by atoms with Gasteiger partial charge >= 0.3 is 0 Å². The first-order chi connectivity index (χ1) is 16.2. The number of rotatable bonds is 3. The number of hydrogen-bond donors (Lipinski definition) is 0. The fourth-order valence-corrected chi connectivity index (χ4v) is 5.02. The Morgan fingerprint density at radius 1 is 1.00 bits per heavy atom. The maximum absolute atomic E-state index is 10.0. The largest absolute Gasteiger partial charge is 0.370 e. The molecule has 1 fully saturated rings. The molecule has 0 N–H and O–H groups in total. The van der Waals surface area contributed by atoms with Crippen molar-refractivity contribution in [2.45, 2.75) is 18.3 Å². The summed E-state index contributed by atoms with van der Waals surface area (Å²) in [6.07, 6.45) is 9.09. The zero-order valence-corrected chi connectivity index (χ0v) is 18.4. The van der Waals surface area contributed by atoms with E-state index < -0.39 is 5.41 Å². The van der Waals surface area contributed by atoms with Crippen molar-refractivity contribution in [3.63, 3.8) is 0 Å². The van der Waals surface area contributed by atoms with Crippen LogP contribution < -0.4 is 4.90 Å². The number of piperidine rings is 1. The summed E-state index contributed by atoms with van der Waals surface area (Å²) in [6.45, 7) is 1.58. The lowest BCUT2D eigenvalue weighted by Gasteiger charge is -2.38. The number of benzene rings is 1. The maximum atomic E-state index is 10.0. The highest BCUT2D eigenvalue weighted by Crippen LogP contribution is 2.38. The van der Waals surface area contributed by atoms with Crippen molar-refractivity contribution in [1.82, 2.24) is 24.4 Å². The molecule has 7 heteroatoms. The number of fused-ring (bicyclic) bond motifs is 2. The van der Waals surface area contributed by atoms with Gasteiger partial charge in [-0.3, -0.25) is 9.67 Å². The minimum Gasteiger partial charge on any atom is -0.370 e. The van der Waals surface area contributed by atoms with E-state index in [2.05, 4.69) is 50.4 Å². The molecule has 1 aliphatic heterocycles. The van der Waals surface area contributed by atoms with E-state index >= 15 is 0 Å². The average molecular weight is 434 g/mol. The summed E-state index contributed by atoms with van der Waals surface area (Å²) in [7, 11) is 1.96. The molecule has 0 saturated carbocycles. The van der Waals surface area contributed by atoms with Crippen LogP contribution in [0, 0.1) is 11.3 Å². The minimum absolute atomic E-state index is 0.531. The van der Waals surface area contributed by atoms with Gasteiger partial charge in [0.15, 0.2) is 0 Å². The number of aryl methyl sites for hydroxylation is 1. The third kappa shape index (κ3) is 3.06. The van der Waals surface area contributed by atoms with Gasteiger partial charge in [-0.15, -0.1) is 0 Å². The molecule has 0 radical (unpaired) electrons. The standard InChI is InChI=1S/C26H23N7/c1-31-22-8-7-19(15-20(22)16-29-31)21-17-30-33-12-4-5-23(25(21)33)32-13-9-26(18-27,10-14-32)24-6-2-3-11-28-24/h2-8,11-12,15-17H,9-10,13-14H2,1H3. The molecule has 1 aliphatic rings. The lowest BCUT2D eigenvalue weighted by atomic mass is 9.76. The molecule has 5 aromatic rings. The Morgan fingerprint density at radius 3 is 2.67 bits per heavy atom. The molecule has 0 aliphatic carbocycles. The number of hydrogen-bond acceptors (Lipinski definition) is 5. The van der Waals surface area contributed by atoms with Crippen LogP contribution in [0.15, 0.2) is 73.3 Å². The van der Waals surface area contributed by atoms with Crippen molar-refractivity contribution in [3.8, 4) is 17.2 Å². The fraction of sp³-hybridized carbons (Fsp3) is 0.231. The summed E-state index contributed by atoms with van der Waals surface area (Å²) in [5, 5.41) is 20.2. The van der Waals surface area contributed by atoms with E-state index in [1.54, 1.807) is 6.20 Å². The van der Waals surface area contributed by atoms with Crippen LogP contribution in [0.1, 0.15) is 18.5 Å². The predicted molar refractivity (Wildman–Crippen MR) is 128 cm³/mol. The SMILES string of the molecule is Cn1ncc2cc(-c3cnn4cccc(N5CCC(C#N)(c6ccccn6)CC5)c34)ccc21. The number of nitriles is 1. The van der Waals surface area contributed by atoms with Crippen LogP contribution >= 0.6 is 0 Å². The Labute approximate surface area is 191 Å². The summed E-state index contributed by atoms with van der Waals surface area (Å²) in [5.74, 6) is 0. The van der Waals surface area contributed by atoms with E-state index in [0.29, 0.717) is 0 Å². The van der Waals surface area contributed by atoms with Gasteiger partial charge in [-0.05, 0) is 54.8 Å². The van der Waals surface area contributed by atoms with Gasteiger partial charge in [0.25, 0.3) is 0 Å². The van der Waals surface area contributed by atoms with Gasteiger partial charge in [0, 0.05) is 43.5 Å². The second-order valence-corrected chi connectivity index (χ2v) is 8.68. The van der Waals surface area contributed by atoms with Crippen LogP contribution in [-0.2, 0) is 12.5 Å². The van der Waals surface area contributed by atoms with Gasteiger partial charge in [-0.25, -0.2) is 4.52 Å². The molecule has 0 spiro atoms. The van der Waals surface area contributed by atoms with E-state index in [-0.39, 0.29) is 0 Å². The quantitative estimate of drug-likeness (QED) is 0.423. The van der Waals surface area contributed by atoms with Crippen LogP contribution in [0.3, 0.4) is 0 Å². The smallest absolute Gasteiger partial charge is 0.103 e. The average Bonchev–Trinajstić information content (AvgIpc) is 3.48. The molecule has 7 nitrogen and oxygen atoms in total. The number of aromatic nitrogens is 5. The van der Waals surface area contributed by atoms with Crippen LogP contribution in [0.5, 0.6) is 0 Å². The third-order valence-corrected chi connectivity index (χ3v) is 6.90. The van der Waals surface area contributed by atoms with Crippen molar-refractivity contribution in [2.75, 3.05) is 18.0 Å². The van der Waals surface area contributed by atoms with Gasteiger partial charge in [0.1, 0.15) is 5.41 Å². The second-order valence-electron chi connectivity index (χ2n) is 8.68. The molecule has 6 rings (SSSR count). The lowest BCUT2D eigenvalue weighted by molar-refractivity contribution is 0.407. The van der Waals surface area contributed by atoms with E-state index in [4.69, 9.17) is 0 Å². The van der Waals surface area contributed by atoms with Gasteiger partial charge in [0.2, 0.25) is 0 Å². The Balaban J connectivity index is 1.38. The van der Waals surface area contributed by atoms with Crippen molar-refractivity contribution in [1.29, 1.82) is 5.26 Å². The molecule has 1 saturated heterocycles. The zero-order chi connectivity index (χ0) is 22.4. The van der Waals surface area contributed by atoms with Crippen molar-refractivity contribution in [2.24, 2.45) is 7.05 Å². The molecule has 1 aromatic carbocycles. The zero-order valence-electron chi connectivity index (χ0n) is 18.4. The van der Waals surface area contributed by atoms with Gasteiger partial charge in [-0.1, -0.05) is 12.1 Å². The first-order valence-corrected chi connectivity index (χ1v) is 11.1. The molecular weight excluding hydrogens is 410 g/mol. The van der Waals surface area contributed by atoms with Crippen LogP contribution in [0.25, 0.3) is 27.5 Å². The summed E-state index contributed by atoms with van der Waals surface area (Å²) in [5.41, 5.74) is 5.89. The molecule has 0 atom stereocenters. The van der Waals surface area contributed by atoms with E-state index in [0.717, 1.165) is 64.9 Å². The number of anilines is 1.